The Labute approximate surface area is 207 Å². The van der Waals surface area contributed by atoms with Crippen LogP contribution in [0.25, 0.3) is 21.5 Å². The smallest absolute Gasteiger partial charge is 0.255 e. The van der Waals surface area contributed by atoms with Gasteiger partial charge in [0, 0.05) is 40.5 Å². The van der Waals surface area contributed by atoms with Crippen molar-refractivity contribution in [1.82, 2.24) is 15.3 Å². The van der Waals surface area contributed by atoms with Gasteiger partial charge in [0.25, 0.3) is 5.56 Å². The molecule has 0 radical (unpaired) electrons. The fourth-order valence-corrected chi connectivity index (χ4v) is 10.9. The molecule has 4 rings (SSSR count). The van der Waals surface area contributed by atoms with E-state index in [-0.39, 0.29) is 17.5 Å². The molecule has 35 heavy (non-hydrogen) atoms. The molecule has 2 N–H and O–H groups in total. The van der Waals surface area contributed by atoms with Gasteiger partial charge in [-0.15, -0.1) is 5.54 Å². The average Bonchev–Trinajstić information content (AvgIpc) is 3.22. The van der Waals surface area contributed by atoms with Crippen LogP contribution in [0.3, 0.4) is 0 Å². The Morgan fingerprint density at radius 1 is 1.06 bits per heavy atom. The number of benzene rings is 1. The molecule has 1 unspecified atom stereocenters. The zero-order valence-electron chi connectivity index (χ0n) is 21.5. The molecule has 3 heterocycles. The minimum atomic E-state index is -1.93. The van der Waals surface area contributed by atoms with E-state index in [1.54, 1.807) is 12.4 Å². The number of nitrogens with one attached hydrogen (secondary N) is 2. The number of fused-ring (bicyclic) bond motifs is 2. The monoisotopic (exact) mass is 489 g/mol. The lowest BCUT2D eigenvalue weighted by molar-refractivity contribution is -0.119. The lowest BCUT2D eigenvalue weighted by atomic mass is 10.0. The Morgan fingerprint density at radius 3 is 2.40 bits per heavy atom. The van der Waals surface area contributed by atoms with E-state index in [0.29, 0.717) is 40.9 Å². The number of hydrogen-bond donors (Lipinski definition) is 2. The molecule has 1 aliphatic heterocycles. The number of amides is 1. The molecule has 1 fully saturated rings. The van der Waals surface area contributed by atoms with Crippen molar-refractivity contribution in [1.29, 1.82) is 0 Å². The van der Waals surface area contributed by atoms with Crippen LogP contribution in [-0.2, 0) is 4.79 Å². The molecule has 1 saturated heterocycles. The van der Waals surface area contributed by atoms with Crippen molar-refractivity contribution < 1.29 is 9.53 Å². The van der Waals surface area contributed by atoms with Gasteiger partial charge in [-0.25, -0.2) is 4.98 Å². The summed E-state index contributed by atoms with van der Waals surface area (Å²) in [6.07, 6.45) is 4.70. The van der Waals surface area contributed by atoms with Crippen LogP contribution in [0.15, 0.2) is 35.4 Å². The Kier molecular flexibility index (Phi) is 7.04. The fraction of sp³-hybridized carbons (Fsp3) is 0.464. The van der Waals surface area contributed by atoms with Crippen LogP contribution in [0.1, 0.15) is 59.9 Å². The first kappa shape index (κ1) is 25.0. The van der Waals surface area contributed by atoms with Gasteiger partial charge in [-0.1, -0.05) is 47.5 Å². The second kappa shape index (κ2) is 9.86. The average molecular weight is 490 g/mol. The molecule has 7 heteroatoms. The molecule has 0 spiro atoms. The van der Waals surface area contributed by atoms with Gasteiger partial charge >= 0.3 is 0 Å². The van der Waals surface area contributed by atoms with Crippen LogP contribution in [-0.4, -0.2) is 36.6 Å². The zero-order chi connectivity index (χ0) is 25.3. The number of hydrogen-bond acceptors (Lipinski definition) is 4. The maximum atomic E-state index is 12.7. The van der Waals surface area contributed by atoms with E-state index >= 15 is 0 Å². The second-order valence-electron chi connectivity index (χ2n) is 10.5. The highest BCUT2D eigenvalue weighted by Gasteiger charge is 2.41. The Balaban J connectivity index is 1.82. The number of pyridine rings is 2. The maximum Gasteiger partial charge on any atom is 0.255 e. The van der Waals surface area contributed by atoms with E-state index in [9.17, 15) is 9.59 Å². The Morgan fingerprint density at radius 2 is 1.77 bits per heavy atom. The third-order valence-corrected chi connectivity index (χ3v) is 13.8. The largest absolute Gasteiger partial charge is 0.475 e. The zero-order valence-corrected chi connectivity index (χ0v) is 22.5. The van der Waals surface area contributed by atoms with Gasteiger partial charge in [0.15, 0.2) is 0 Å². The molecule has 6 nitrogen and oxygen atoms in total. The van der Waals surface area contributed by atoms with E-state index < -0.39 is 8.07 Å². The van der Waals surface area contributed by atoms with Crippen molar-refractivity contribution in [3.8, 4) is 17.3 Å². The summed E-state index contributed by atoms with van der Waals surface area (Å²) in [6.45, 7) is 14.1. The summed E-state index contributed by atoms with van der Waals surface area (Å²) in [7, 11) is -1.93. The highest BCUT2D eigenvalue weighted by molar-refractivity contribution is 6.90. The molecule has 3 aromatic rings. The summed E-state index contributed by atoms with van der Waals surface area (Å²) in [5, 5.41) is 6.05. The van der Waals surface area contributed by atoms with Crippen molar-refractivity contribution in [3.05, 3.63) is 46.5 Å². The SMILES string of the molecule is CC(C)[Si](C#Cc1c[nH]c(=O)c2cc3ccnc(OCC4CCC(=O)N4)c3cc12)(C(C)C)C(C)C. The van der Waals surface area contributed by atoms with Crippen LogP contribution in [0.2, 0.25) is 16.6 Å². The van der Waals surface area contributed by atoms with E-state index in [1.807, 2.05) is 18.2 Å². The third-order valence-electron chi connectivity index (χ3n) is 7.53. The molecule has 1 aromatic carbocycles. The summed E-state index contributed by atoms with van der Waals surface area (Å²) in [5.74, 6) is 4.06. The normalized spacial score (nSPS) is 16.3. The first-order chi connectivity index (χ1) is 16.6. The van der Waals surface area contributed by atoms with Crippen LogP contribution in [0.5, 0.6) is 5.88 Å². The van der Waals surface area contributed by atoms with Gasteiger partial charge in [0.1, 0.15) is 14.7 Å². The minimum Gasteiger partial charge on any atom is -0.475 e. The van der Waals surface area contributed by atoms with Crippen LogP contribution < -0.4 is 15.6 Å². The molecule has 1 amide bonds. The molecular formula is C28H35N3O3Si. The highest BCUT2D eigenvalue weighted by Crippen LogP contribution is 2.41. The first-order valence-corrected chi connectivity index (χ1v) is 14.8. The molecule has 0 saturated carbocycles. The number of aromatic amines is 1. The van der Waals surface area contributed by atoms with Crippen molar-refractivity contribution in [3.63, 3.8) is 0 Å². The predicted molar refractivity (Wildman–Crippen MR) is 144 cm³/mol. The van der Waals surface area contributed by atoms with Gasteiger partial charge in [-0.2, -0.15) is 0 Å². The minimum absolute atomic E-state index is 0.00883. The first-order valence-electron chi connectivity index (χ1n) is 12.5. The number of aromatic nitrogens is 2. The fourth-order valence-electron chi connectivity index (χ4n) is 5.71. The van der Waals surface area contributed by atoms with Crippen molar-refractivity contribution in [2.24, 2.45) is 0 Å². The highest BCUT2D eigenvalue weighted by atomic mass is 28.3. The van der Waals surface area contributed by atoms with E-state index in [1.165, 1.54) is 0 Å². The van der Waals surface area contributed by atoms with Crippen LogP contribution in [0, 0.1) is 11.5 Å². The summed E-state index contributed by atoms with van der Waals surface area (Å²) in [4.78, 5) is 31.6. The standard InChI is InChI=1S/C28H35N3O3Si/c1-17(2)35(18(3)4,19(5)6)12-10-21-15-30-27(33)25-13-20-9-11-29-28(24(20)14-23(21)25)34-16-22-7-8-26(32)31-22/h9,11,13-15,17-19,22H,7-8,16H2,1-6H3,(H,30,33)(H,31,32). The predicted octanol–water partition coefficient (Wildman–Crippen LogP) is 5.30. The topological polar surface area (TPSA) is 84.1 Å². The second-order valence-corrected chi connectivity index (χ2v) is 16.1. The summed E-state index contributed by atoms with van der Waals surface area (Å²) in [6, 6.07) is 5.73. The summed E-state index contributed by atoms with van der Waals surface area (Å²) >= 11 is 0. The number of ether oxygens (including phenoxy) is 1. The van der Waals surface area contributed by atoms with Crippen molar-refractivity contribution >= 4 is 35.5 Å². The molecule has 1 aliphatic rings. The summed E-state index contributed by atoms with van der Waals surface area (Å²) in [5.41, 5.74) is 6.00. The number of carbonyl (C=O) groups is 1. The molecular weight excluding hydrogens is 454 g/mol. The number of nitrogens with zero attached hydrogens (tertiary/aromatic N) is 1. The van der Waals surface area contributed by atoms with Gasteiger partial charge in [0.05, 0.1) is 6.04 Å². The van der Waals surface area contributed by atoms with Crippen LogP contribution >= 0.6 is 0 Å². The van der Waals surface area contributed by atoms with E-state index in [2.05, 4.69) is 68.3 Å². The van der Waals surface area contributed by atoms with Gasteiger partial charge in [-0.3, -0.25) is 9.59 Å². The Hall–Kier alpha value is -3.11. The van der Waals surface area contributed by atoms with Gasteiger partial charge < -0.3 is 15.0 Å². The lowest BCUT2D eigenvalue weighted by Crippen LogP contribution is -2.43. The molecule has 1 atom stereocenters. The van der Waals surface area contributed by atoms with Gasteiger partial charge in [0.2, 0.25) is 11.8 Å². The Bertz CT molecular complexity index is 1360. The molecule has 0 bridgehead atoms. The number of H-pyrrole nitrogens is 1. The number of carbonyl (C=O) groups excluding carboxylic acids is 1. The molecule has 0 aliphatic carbocycles. The van der Waals surface area contributed by atoms with Crippen molar-refractivity contribution in [2.45, 2.75) is 77.0 Å². The van der Waals surface area contributed by atoms with Crippen LogP contribution in [0.4, 0.5) is 0 Å². The molecule has 184 valence electrons. The maximum absolute atomic E-state index is 12.7. The van der Waals surface area contributed by atoms with Crippen molar-refractivity contribution in [2.75, 3.05) is 6.61 Å². The van der Waals surface area contributed by atoms with E-state index in [0.717, 1.165) is 28.1 Å². The quantitative estimate of drug-likeness (QED) is 0.279. The summed E-state index contributed by atoms with van der Waals surface area (Å²) < 4.78 is 6.04. The van der Waals surface area contributed by atoms with E-state index in [4.69, 9.17) is 4.74 Å². The third kappa shape index (κ3) is 4.72. The number of rotatable bonds is 6. The molecule has 2 aromatic heterocycles. The lowest BCUT2D eigenvalue weighted by Gasteiger charge is -2.38. The van der Waals surface area contributed by atoms with Gasteiger partial charge in [-0.05, 0) is 46.6 Å².